The molecule has 2 N–H and O–H groups in total. The third-order valence-corrected chi connectivity index (χ3v) is 6.74. The van der Waals surface area contributed by atoms with Crippen molar-refractivity contribution in [3.8, 4) is 5.69 Å². The molecule has 8 rings (SSSR count). The number of benzene rings is 3. The van der Waals surface area contributed by atoms with E-state index < -0.39 is 29.2 Å². The van der Waals surface area contributed by atoms with E-state index in [2.05, 4.69) is 33.9 Å². The Kier molecular flexibility index (Phi) is 7.11. The summed E-state index contributed by atoms with van der Waals surface area (Å²) in [4.78, 5) is 0. The van der Waals surface area contributed by atoms with Crippen LogP contribution in [-0.2, 0) is 38.0 Å². The molecule has 0 aliphatic heterocycles. The summed E-state index contributed by atoms with van der Waals surface area (Å²) in [5.41, 5.74) is 2.52. The van der Waals surface area contributed by atoms with Crippen molar-refractivity contribution in [2.24, 2.45) is 0 Å². The summed E-state index contributed by atoms with van der Waals surface area (Å²) in [5, 5.41) is 9.76. The number of nitrogens with one attached hydrogen (secondary N) is 2. The van der Waals surface area contributed by atoms with Gasteiger partial charge in [0.15, 0.2) is 5.11 Å². The van der Waals surface area contributed by atoms with Crippen LogP contribution < -0.4 is 10.6 Å². The molecule has 0 saturated carbocycles. The molecule has 202 valence electrons. The average Bonchev–Trinajstić information content (AvgIpc) is 3.39. The van der Waals surface area contributed by atoms with Gasteiger partial charge in [-0.1, -0.05) is 24.3 Å². The molecule has 0 amide bonds. The molecule has 0 saturated heterocycles. The first kappa shape index (κ1) is 26.7. The van der Waals surface area contributed by atoms with Gasteiger partial charge in [0.1, 0.15) is 0 Å². The van der Waals surface area contributed by atoms with E-state index in [4.69, 9.17) is 12.2 Å². The highest BCUT2D eigenvalue weighted by molar-refractivity contribution is 7.80. The lowest BCUT2D eigenvalue weighted by Crippen LogP contribution is -2.21. The van der Waals surface area contributed by atoms with Crippen molar-refractivity contribution < 1.29 is 26.3 Å². The van der Waals surface area contributed by atoms with Gasteiger partial charge in [-0.3, -0.25) is 0 Å². The number of halogens is 6. The minimum atomic E-state index is -4.95. The van der Waals surface area contributed by atoms with Crippen molar-refractivity contribution in [2.75, 3.05) is 10.6 Å². The Morgan fingerprint density at radius 1 is 0.744 bits per heavy atom. The first-order valence-electron chi connectivity index (χ1n) is 12.1. The zero-order valence-electron chi connectivity index (χ0n) is 20.3. The van der Waals surface area contributed by atoms with Crippen molar-refractivity contribution in [3.05, 3.63) is 106 Å². The maximum Gasteiger partial charge on any atom is 0.416 e. The van der Waals surface area contributed by atoms with Gasteiger partial charge in [-0.15, -0.1) is 0 Å². The number of nitrogens with zero attached hydrogens (tertiary/aromatic N) is 2. The number of thiocarbonyl (C=S) groups is 1. The number of anilines is 2. The van der Waals surface area contributed by atoms with E-state index in [-0.39, 0.29) is 11.2 Å². The smallest absolute Gasteiger partial charge is 0.332 e. The summed E-state index contributed by atoms with van der Waals surface area (Å²) < 4.78 is 81.4. The zero-order valence-corrected chi connectivity index (χ0v) is 21.1. The van der Waals surface area contributed by atoms with Crippen molar-refractivity contribution in [3.63, 3.8) is 0 Å². The summed E-state index contributed by atoms with van der Waals surface area (Å²) in [6.45, 7) is 0. The predicted molar refractivity (Wildman–Crippen MR) is 141 cm³/mol. The Labute approximate surface area is 225 Å². The van der Waals surface area contributed by atoms with Crippen molar-refractivity contribution in [1.82, 2.24) is 9.78 Å². The molecule has 39 heavy (non-hydrogen) atoms. The Morgan fingerprint density at radius 2 is 1.36 bits per heavy atom. The first-order valence-corrected chi connectivity index (χ1v) is 12.5. The Balaban J connectivity index is 1.40. The fourth-order valence-electron chi connectivity index (χ4n) is 4.58. The van der Waals surface area contributed by atoms with Gasteiger partial charge >= 0.3 is 12.4 Å². The van der Waals surface area contributed by atoms with E-state index in [0.717, 1.165) is 40.8 Å². The summed E-state index contributed by atoms with van der Waals surface area (Å²) in [5.74, 6) is 0. The number of aromatic nitrogens is 2. The average molecular weight is 561 g/mol. The topological polar surface area (TPSA) is 41.9 Å². The molecule has 4 aromatic rings. The number of hydrogen-bond acceptors (Lipinski definition) is 2. The van der Waals surface area contributed by atoms with Gasteiger partial charge in [0, 0.05) is 23.8 Å². The van der Waals surface area contributed by atoms with Crippen molar-refractivity contribution >= 4 is 28.7 Å². The molecule has 1 heterocycles. The molecule has 4 nitrogen and oxygen atoms in total. The molecule has 1 aromatic heterocycles. The summed E-state index contributed by atoms with van der Waals surface area (Å²) >= 11 is 5.31. The van der Waals surface area contributed by atoms with Crippen molar-refractivity contribution in [2.45, 2.75) is 38.0 Å². The number of alkyl halides is 6. The van der Waals surface area contributed by atoms with Crippen LogP contribution in [0.4, 0.5) is 37.7 Å². The van der Waals surface area contributed by atoms with E-state index in [1.165, 1.54) is 0 Å². The van der Waals surface area contributed by atoms with E-state index in [1.807, 2.05) is 35.1 Å². The fourth-order valence-corrected chi connectivity index (χ4v) is 4.81. The van der Waals surface area contributed by atoms with Crippen LogP contribution in [0, 0.1) is 0 Å². The minimum absolute atomic E-state index is 0.0804. The standard InChI is InChI=1S/C28H22F6N4S/c29-27(30,31)21-14-22(28(32,33)34)16-23(15-21)36-26(39)37-24-12-17-2-3-18-5-7-20(9-8-19(24)6-4-17)25(13-18)38-11-1-10-35-38/h1,4-7,10-16H,2-3,8-9H2,(H2,36,37,39). The predicted octanol–water partition coefficient (Wildman–Crippen LogP) is 7.60. The maximum absolute atomic E-state index is 13.3. The Hall–Kier alpha value is -3.86. The highest BCUT2D eigenvalue weighted by Crippen LogP contribution is 2.37. The maximum atomic E-state index is 13.3. The minimum Gasteiger partial charge on any atom is -0.332 e. The van der Waals surface area contributed by atoms with Crippen LogP contribution >= 0.6 is 12.2 Å². The van der Waals surface area contributed by atoms with E-state index in [0.29, 0.717) is 30.7 Å². The monoisotopic (exact) mass is 560 g/mol. The number of aryl methyl sites for hydroxylation is 4. The molecule has 0 unspecified atom stereocenters. The number of hydrogen-bond donors (Lipinski definition) is 2. The van der Waals surface area contributed by atoms with E-state index >= 15 is 0 Å². The molecule has 11 heteroatoms. The van der Waals surface area contributed by atoms with E-state index in [1.54, 1.807) is 6.20 Å². The fraction of sp³-hybridized carbons (Fsp3) is 0.214. The van der Waals surface area contributed by atoms with Crippen LogP contribution in [0.25, 0.3) is 5.69 Å². The largest absolute Gasteiger partial charge is 0.416 e. The lowest BCUT2D eigenvalue weighted by atomic mass is 9.94. The molecule has 0 fully saturated rings. The third-order valence-electron chi connectivity index (χ3n) is 6.53. The number of rotatable bonds is 3. The van der Waals surface area contributed by atoms with Gasteiger partial charge in [0.2, 0.25) is 0 Å². The van der Waals surface area contributed by atoms with Crippen LogP contribution in [0.5, 0.6) is 0 Å². The second-order valence-electron chi connectivity index (χ2n) is 9.28. The van der Waals surface area contributed by atoms with Gasteiger partial charge in [-0.2, -0.15) is 31.4 Å². The molecule has 3 aromatic carbocycles. The molecular formula is C28H22F6N4S. The summed E-state index contributed by atoms with van der Waals surface area (Å²) in [7, 11) is 0. The first-order chi connectivity index (χ1) is 18.5. The second kappa shape index (κ2) is 10.4. The van der Waals surface area contributed by atoms with Crippen LogP contribution in [0.3, 0.4) is 0 Å². The molecule has 0 spiro atoms. The molecule has 0 atom stereocenters. The van der Waals surface area contributed by atoms with E-state index in [9.17, 15) is 26.3 Å². The van der Waals surface area contributed by atoms with Gasteiger partial charge in [0.05, 0.1) is 16.8 Å². The molecule has 4 bridgehead atoms. The van der Waals surface area contributed by atoms with Gasteiger partial charge < -0.3 is 10.6 Å². The van der Waals surface area contributed by atoms with Crippen LogP contribution in [-0.4, -0.2) is 14.9 Å². The summed E-state index contributed by atoms with van der Waals surface area (Å²) in [6.07, 6.45) is -3.53. The normalized spacial score (nSPS) is 13.6. The highest BCUT2D eigenvalue weighted by Gasteiger charge is 2.37. The highest BCUT2D eigenvalue weighted by atomic mass is 32.1. The Morgan fingerprint density at radius 3 is 1.97 bits per heavy atom. The second-order valence-corrected chi connectivity index (χ2v) is 9.69. The van der Waals surface area contributed by atoms with Gasteiger partial charge in [-0.05, 0) is 96.6 Å². The molecular weight excluding hydrogens is 538 g/mol. The van der Waals surface area contributed by atoms with Gasteiger partial charge in [-0.25, -0.2) is 4.68 Å². The molecule has 0 radical (unpaired) electrons. The quantitative estimate of drug-likeness (QED) is 0.200. The van der Waals surface area contributed by atoms with Crippen LogP contribution in [0.2, 0.25) is 0 Å². The zero-order chi connectivity index (χ0) is 27.8. The lowest BCUT2D eigenvalue weighted by molar-refractivity contribution is -0.143. The SMILES string of the molecule is FC(F)(F)c1cc(NC(=S)Nc2cc3ccc2CCc2ccc(cc2-n2cccn2)CC3)cc(C(F)(F)F)c1. The van der Waals surface area contributed by atoms with Gasteiger partial charge in [0.25, 0.3) is 0 Å². The molecule has 4 aliphatic rings. The van der Waals surface area contributed by atoms with Crippen LogP contribution in [0.15, 0.2) is 73.1 Å². The summed E-state index contributed by atoms with van der Waals surface area (Å²) in [6, 6.07) is 15.4. The van der Waals surface area contributed by atoms with Crippen molar-refractivity contribution in [1.29, 1.82) is 0 Å². The third kappa shape index (κ3) is 6.25. The molecule has 4 aliphatic carbocycles. The lowest BCUT2D eigenvalue weighted by Gasteiger charge is -2.19. The van der Waals surface area contributed by atoms with Crippen LogP contribution in [0.1, 0.15) is 33.4 Å². The Bertz CT molecular complexity index is 1480.